The molecule has 0 fully saturated rings. The van der Waals surface area contributed by atoms with Crippen LogP contribution in [0.4, 0.5) is 10.1 Å². The van der Waals surface area contributed by atoms with E-state index in [2.05, 4.69) is 0 Å². The predicted octanol–water partition coefficient (Wildman–Crippen LogP) is 2.44. The number of rotatable bonds is 7. The van der Waals surface area contributed by atoms with E-state index in [1.54, 1.807) is 6.07 Å². The molecule has 0 aliphatic carbocycles. The molecule has 0 saturated carbocycles. The second-order valence-electron chi connectivity index (χ2n) is 4.71. The maximum atomic E-state index is 13.9. The lowest BCUT2D eigenvalue weighted by atomic mass is 10.1. The Morgan fingerprint density at radius 2 is 2.06 bits per heavy atom. The lowest BCUT2D eigenvalue weighted by Gasteiger charge is -2.20. The van der Waals surface area contributed by atoms with Crippen LogP contribution in [0.5, 0.6) is 0 Å². The van der Waals surface area contributed by atoms with Crippen molar-refractivity contribution >= 4 is 5.69 Å². The molecular weight excluding hydrogens is 231 g/mol. The van der Waals surface area contributed by atoms with E-state index in [4.69, 9.17) is 10.8 Å². The smallest absolute Gasteiger partial charge is 0.146 e. The Labute approximate surface area is 108 Å². The summed E-state index contributed by atoms with van der Waals surface area (Å²) < 4.78 is 13.9. The summed E-state index contributed by atoms with van der Waals surface area (Å²) in [4.78, 5) is 1.90. The van der Waals surface area contributed by atoms with Gasteiger partial charge in [-0.25, -0.2) is 4.39 Å². The highest BCUT2D eigenvalue weighted by Crippen LogP contribution is 2.22. The largest absolute Gasteiger partial charge is 0.396 e. The first-order valence-corrected chi connectivity index (χ1v) is 6.43. The van der Waals surface area contributed by atoms with Crippen molar-refractivity contribution in [1.29, 1.82) is 0 Å². The van der Waals surface area contributed by atoms with E-state index < -0.39 is 0 Å². The third-order valence-electron chi connectivity index (χ3n) is 3.06. The molecule has 0 bridgehead atoms. The maximum absolute atomic E-state index is 13.9. The Balaban J connectivity index is 2.60. The second-order valence-corrected chi connectivity index (χ2v) is 4.71. The Bertz CT molecular complexity index is 369. The number of aliphatic hydroxyl groups excluding tert-OH is 1. The molecule has 0 spiro atoms. The first-order chi connectivity index (χ1) is 8.56. The van der Waals surface area contributed by atoms with Crippen LogP contribution in [0, 0.1) is 5.82 Å². The zero-order valence-electron chi connectivity index (χ0n) is 11.2. The van der Waals surface area contributed by atoms with Crippen LogP contribution >= 0.6 is 0 Å². The molecule has 102 valence electrons. The molecule has 1 aromatic rings. The fourth-order valence-electron chi connectivity index (χ4n) is 1.87. The standard InChI is InChI=1S/C14H23FN2O/c1-11(16)12-6-7-14(13(15)10-12)17(2)8-4-3-5-9-18/h6-7,10-11,18H,3-5,8-9,16H2,1-2H3. The molecule has 1 atom stereocenters. The highest BCUT2D eigenvalue weighted by Gasteiger charge is 2.09. The summed E-state index contributed by atoms with van der Waals surface area (Å²) in [6.45, 7) is 2.85. The van der Waals surface area contributed by atoms with Gasteiger partial charge in [0.2, 0.25) is 0 Å². The summed E-state index contributed by atoms with van der Waals surface area (Å²) in [7, 11) is 1.88. The monoisotopic (exact) mass is 254 g/mol. The summed E-state index contributed by atoms with van der Waals surface area (Å²) in [5.74, 6) is -0.227. The normalized spacial score (nSPS) is 12.5. The van der Waals surface area contributed by atoms with Gasteiger partial charge >= 0.3 is 0 Å². The topological polar surface area (TPSA) is 49.5 Å². The van der Waals surface area contributed by atoms with Crippen molar-refractivity contribution in [2.75, 3.05) is 25.1 Å². The van der Waals surface area contributed by atoms with Crippen LogP contribution in [0.15, 0.2) is 18.2 Å². The zero-order valence-corrected chi connectivity index (χ0v) is 11.2. The molecule has 0 radical (unpaired) electrons. The van der Waals surface area contributed by atoms with Crippen molar-refractivity contribution in [2.45, 2.75) is 32.2 Å². The van der Waals surface area contributed by atoms with Crippen LogP contribution in [-0.4, -0.2) is 25.3 Å². The van der Waals surface area contributed by atoms with Gasteiger partial charge in [0.25, 0.3) is 0 Å². The average molecular weight is 254 g/mol. The van der Waals surface area contributed by atoms with E-state index in [0.717, 1.165) is 31.4 Å². The predicted molar refractivity (Wildman–Crippen MR) is 73.2 cm³/mol. The maximum Gasteiger partial charge on any atom is 0.146 e. The number of nitrogens with two attached hydrogens (primary N) is 1. The van der Waals surface area contributed by atoms with Crippen molar-refractivity contribution in [3.05, 3.63) is 29.6 Å². The van der Waals surface area contributed by atoms with Gasteiger partial charge in [-0.15, -0.1) is 0 Å². The molecule has 1 rings (SSSR count). The van der Waals surface area contributed by atoms with Crippen molar-refractivity contribution in [3.8, 4) is 0 Å². The molecule has 0 amide bonds. The minimum atomic E-state index is -0.227. The van der Waals surface area contributed by atoms with Gasteiger partial charge in [-0.2, -0.15) is 0 Å². The number of nitrogens with zero attached hydrogens (tertiary/aromatic N) is 1. The first kappa shape index (κ1) is 14.9. The minimum absolute atomic E-state index is 0.150. The minimum Gasteiger partial charge on any atom is -0.396 e. The molecule has 0 aromatic heterocycles. The highest BCUT2D eigenvalue weighted by atomic mass is 19.1. The molecule has 18 heavy (non-hydrogen) atoms. The van der Waals surface area contributed by atoms with Crippen LogP contribution in [0.1, 0.15) is 37.8 Å². The molecule has 3 N–H and O–H groups in total. The Morgan fingerprint density at radius 1 is 1.33 bits per heavy atom. The SMILES string of the molecule is CC(N)c1ccc(N(C)CCCCCO)c(F)c1. The molecule has 0 aliphatic rings. The van der Waals surface area contributed by atoms with Crippen LogP contribution in [0.2, 0.25) is 0 Å². The summed E-state index contributed by atoms with van der Waals surface area (Å²) in [6.07, 6.45) is 2.71. The van der Waals surface area contributed by atoms with Crippen molar-refractivity contribution in [2.24, 2.45) is 5.73 Å². The number of anilines is 1. The molecule has 1 aromatic carbocycles. The van der Waals surface area contributed by atoms with Crippen LogP contribution < -0.4 is 10.6 Å². The van der Waals surface area contributed by atoms with Gasteiger partial charge in [-0.3, -0.25) is 0 Å². The van der Waals surface area contributed by atoms with E-state index in [9.17, 15) is 4.39 Å². The van der Waals surface area contributed by atoms with Crippen molar-refractivity contribution in [1.82, 2.24) is 0 Å². The average Bonchev–Trinajstić information content (AvgIpc) is 2.34. The van der Waals surface area contributed by atoms with E-state index in [-0.39, 0.29) is 18.5 Å². The molecule has 0 aliphatic heterocycles. The molecule has 3 nitrogen and oxygen atoms in total. The van der Waals surface area contributed by atoms with Crippen molar-refractivity contribution in [3.63, 3.8) is 0 Å². The number of aliphatic hydroxyl groups is 1. The Morgan fingerprint density at radius 3 is 2.61 bits per heavy atom. The fraction of sp³-hybridized carbons (Fsp3) is 0.571. The third kappa shape index (κ3) is 4.27. The molecule has 0 saturated heterocycles. The molecule has 1 unspecified atom stereocenters. The van der Waals surface area contributed by atoms with Gasteiger partial charge in [-0.05, 0) is 43.9 Å². The van der Waals surface area contributed by atoms with Crippen LogP contribution in [0.3, 0.4) is 0 Å². The number of benzene rings is 1. The van der Waals surface area contributed by atoms with Gasteiger partial charge in [0, 0.05) is 26.2 Å². The van der Waals surface area contributed by atoms with Gasteiger partial charge in [0.15, 0.2) is 0 Å². The number of halogens is 1. The molecule has 0 heterocycles. The Kier molecular flexibility index (Phi) is 6.09. The van der Waals surface area contributed by atoms with E-state index in [1.165, 1.54) is 6.07 Å². The van der Waals surface area contributed by atoms with Gasteiger partial charge in [0.1, 0.15) is 5.82 Å². The van der Waals surface area contributed by atoms with E-state index >= 15 is 0 Å². The van der Waals surface area contributed by atoms with E-state index in [1.807, 2.05) is 24.9 Å². The zero-order chi connectivity index (χ0) is 13.5. The highest BCUT2D eigenvalue weighted by molar-refractivity contribution is 5.48. The summed E-state index contributed by atoms with van der Waals surface area (Å²) in [6, 6.07) is 5.00. The first-order valence-electron chi connectivity index (χ1n) is 6.43. The molecule has 4 heteroatoms. The van der Waals surface area contributed by atoms with Crippen LogP contribution in [-0.2, 0) is 0 Å². The second kappa shape index (κ2) is 7.34. The van der Waals surface area contributed by atoms with Gasteiger partial charge in [0.05, 0.1) is 5.69 Å². The number of hydrogen-bond acceptors (Lipinski definition) is 3. The van der Waals surface area contributed by atoms with Gasteiger partial charge < -0.3 is 15.7 Å². The number of unbranched alkanes of at least 4 members (excludes halogenated alkanes) is 2. The van der Waals surface area contributed by atoms with E-state index in [0.29, 0.717) is 5.69 Å². The van der Waals surface area contributed by atoms with Gasteiger partial charge in [-0.1, -0.05) is 6.07 Å². The summed E-state index contributed by atoms with van der Waals surface area (Å²) in [5.41, 5.74) is 7.13. The number of hydrogen-bond donors (Lipinski definition) is 2. The lowest BCUT2D eigenvalue weighted by molar-refractivity contribution is 0.283. The fourth-order valence-corrected chi connectivity index (χ4v) is 1.87. The summed E-state index contributed by atoms with van der Waals surface area (Å²) in [5, 5.41) is 8.69. The quantitative estimate of drug-likeness (QED) is 0.735. The summed E-state index contributed by atoms with van der Waals surface area (Å²) >= 11 is 0. The Hall–Kier alpha value is -1.13. The molecular formula is C14H23FN2O. The lowest BCUT2D eigenvalue weighted by Crippen LogP contribution is -2.20. The third-order valence-corrected chi connectivity index (χ3v) is 3.06. The van der Waals surface area contributed by atoms with Crippen LogP contribution in [0.25, 0.3) is 0 Å². The van der Waals surface area contributed by atoms with Crippen molar-refractivity contribution < 1.29 is 9.50 Å².